The molecule has 0 fully saturated rings. The molecule has 1 aliphatic rings. The van der Waals surface area contributed by atoms with Gasteiger partial charge in [-0.15, -0.1) is 0 Å². The van der Waals surface area contributed by atoms with Gasteiger partial charge in [-0.1, -0.05) is 171 Å². The summed E-state index contributed by atoms with van der Waals surface area (Å²) in [4.78, 5) is 25.3. The molecular weight excluding hydrogens is 697 g/mol. The molecule has 0 spiro atoms. The van der Waals surface area contributed by atoms with Crippen molar-refractivity contribution < 1.29 is 0 Å². The number of rotatable bonds is 8. The van der Waals surface area contributed by atoms with Crippen LogP contribution in [0, 0.1) is 17.2 Å². The molecule has 0 aliphatic heterocycles. The van der Waals surface area contributed by atoms with Gasteiger partial charge in [0.2, 0.25) is 0 Å². The van der Waals surface area contributed by atoms with Crippen molar-refractivity contribution in [1.82, 2.24) is 24.9 Å². The predicted octanol–water partition coefficient (Wildman–Crippen LogP) is 12.2. The Morgan fingerprint density at radius 3 is 1.63 bits per heavy atom. The summed E-state index contributed by atoms with van der Waals surface area (Å²) in [6.45, 7) is 2.20. The molecule has 8 aromatic rings. The monoisotopic (exact) mass is 732 g/mol. The molecule has 0 radical (unpaired) electrons. The fourth-order valence-corrected chi connectivity index (χ4v) is 7.20. The molecule has 9 rings (SSSR count). The van der Waals surface area contributed by atoms with Crippen molar-refractivity contribution in [3.63, 3.8) is 0 Å². The van der Waals surface area contributed by atoms with E-state index in [1.807, 2.05) is 115 Å². The molecule has 0 bridgehead atoms. The zero-order valence-electron chi connectivity index (χ0n) is 31.3. The lowest BCUT2D eigenvalue weighted by atomic mass is 9.87. The van der Waals surface area contributed by atoms with Crippen LogP contribution in [0.5, 0.6) is 0 Å². The largest absolute Gasteiger partial charge is 0.228 e. The second-order valence-corrected chi connectivity index (χ2v) is 14.1. The SMILES string of the molecule is CC1C=CC(c2nc(-c3ccccc3)nc(-c3ccc(-c4ccccc4-c4cc(-c5ccccc5)nc(-c5ccccc5)n4)c(-c4ccccc4C#N)c3)n2)=CC1. The number of nitriles is 1. The zero-order valence-corrected chi connectivity index (χ0v) is 31.3. The maximum atomic E-state index is 10.4. The van der Waals surface area contributed by atoms with Gasteiger partial charge in [0.25, 0.3) is 0 Å². The first-order chi connectivity index (χ1) is 28.1. The predicted molar refractivity (Wildman–Crippen MR) is 229 cm³/mol. The minimum absolute atomic E-state index is 0.457. The third-order valence-corrected chi connectivity index (χ3v) is 10.2. The summed E-state index contributed by atoms with van der Waals surface area (Å²) < 4.78 is 0. The van der Waals surface area contributed by atoms with E-state index >= 15 is 0 Å². The maximum absolute atomic E-state index is 10.4. The Morgan fingerprint density at radius 1 is 0.456 bits per heavy atom. The first-order valence-electron chi connectivity index (χ1n) is 19.0. The second-order valence-electron chi connectivity index (χ2n) is 14.1. The van der Waals surface area contributed by atoms with Crippen molar-refractivity contribution >= 4 is 5.57 Å². The highest BCUT2D eigenvalue weighted by Gasteiger charge is 2.20. The lowest BCUT2D eigenvalue weighted by molar-refractivity contribution is 0.738. The average Bonchev–Trinajstić information content (AvgIpc) is 3.29. The van der Waals surface area contributed by atoms with Crippen molar-refractivity contribution in [3.05, 3.63) is 193 Å². The Kier molecular flexibility index (Phi) is 9.62. The van der Waals surface area contributed by atoms with Crippen LogP contribution in [0.15, 0.2) is 182 Å². The van der Waals surface area contributed by atoms with Crippen LogP contribution >= 0.6 is 0 Å². The van der Waals surface area contributed by atoms with Gasteiger partial charge in [-0.2, -0.15) is 5.26 Å². The lowest BCUT2D eigenvalue weighted by Gasteiger charge is -2.18. The molecule has 0 amide bonds. The van der Waals surface area contributed by atoms with Crippen LogP contribution in [0.25, 0.3) is 84.5 Å². The van der Waals surface area contributed by atoms with Gasteiger partial charge in [-0.3, -0.25) is 0 Å². The molecule has 6 nitrogen and oxygen atoms in total. The standard InChI is InChI=1S/C51H36N6/c1-34-25-27-38(28-26-34)50-55-49(37-19-9-4-10-20-37)56-51(57-50)39-29-30-43(45(31-39)41-22-12-11-21-40(41)33-52)42-23-13-14-24-44(42)47-32-46(35-15-5-2-6-16-35)53-48(54-47)36-17-7-3-8-18-36/h2-25,27-32,34H,26H2,1H3. The van der Waals surface area contributed by atoms with Crippen molar-refractivity contribution in [2.24, 2.45) is 5.92 Å². The van der Waals surface area contributed by atoms with Crippen molar-refractivity contribution in [2.75, 3.05) is 0 Å². The molecule has 57 heavy (non-hydrogen) atoms. The van der Waals surface area contributed by atoms with E-state index in [4.69, 9.17) is 24.9 Å². The topological polar surface area (TPSA) is 88.2 Å². The quantitative estimate of drug-likeness (QED) is 0.155. The first kappa shape index (κ1) is 35.1. The Bertz CT molecular complexity index is 2780. The molecule has 6 heteroatoms. The van der Waals surface area contributed by atoms with Crippen LogP contribution < -0.4 is 0 Å². The molecule has 0 saturated carbocycles. The number of hydrogen-bond donors (Lipinski definition) is 0. The normalized spacial score (nSPS) is 13.5. The van der Waals surface area contributed by atoms with Crippen LogP contribution in [-0.4, -0.2) is 24.9 Å². The third-order valence-electron chi connectivity index (χ3n) is 10.2. The fraction of sp³-hybridized carbons (Fsp3) is 0.0588. The van der Waals surface area contributed by atoms with Gasteiger partial charge in [0.1, 0.15) is 0 Å². The number of nitrogens with zero attached hydrogens (tertiary/aromatic N) is 6. The van der Waals surface area contributed by atoms with Gasteiger partial charge in [-0.05, 0) is 47.2 Å². The van der Waals surface area contributed by atoms with Crippen molar-refractivity contribution in [3.8, 4) is 85.0 Å². The van der Waals surface area contributed by atoms with Crippen LogP contribution in [0.4, 0.5) is 0 Å². The van der Waals surface area contributed by atoms with E-state index in [1.165, 1.54) is 0 Å². The van der Waals surface area contributed by atoms with E-state index < -0.39 is 0 Å². The van der Waals surface area contributed by atoms with Crippen molar-refractivity contribution in [1.29, 1.82) is 5.26 Å². The molecule has 0 N–H and O–H groups in total. The van der Waals surface area contributed by atoms with E-state index in [0.29, 0.717) is 34.8 Å². The molecule has 0 saturated heterocycles. The molecule has 6 aromatic carbocycles. The number of hydrogen-bond acceptors (Lipinski definition) is 6. The summed E-state index contributed by atoms with van der Waals surface area (Å²) in [5.41, 5.74) is 11.4. The molecule has 2 aromatic heterocycles. The maximum Gasteiger partial charge on any atom is 0.164 e. The summed E-state index contributed by atoms with van der Waals surface area (Å²) in [6, 6.07) is 57.1. The lowest BCUT2D eigenvalue weighted by Crippen LogP contribution is -2.04. The molecule has 2 heterocycles. The Balaban J connectivity index is 1.25. The number of benzene rings is 6. The Morgan fingerprint density at radius 2 is 0.982 bits per heavy atom. The summed E-state index contributed by atoms with van der Waals surface area (Å²) in [7, 11) is 0. The fourth-order valence-electron chi connectivity index (χ4n) is 7.20. The smallest absolute Gasteiger partial charge is 0.164 e. The first-order valence-corrected chi connectivity index (χ1v) is 19.0. The van der Waals surface area contributed by atoms with Gasteiger partial charge in [-0.25, -0.2) is 24.9 Å². The van der Waals surface area contributed by atoms with Crippen LogP contribution in [-0.2, 0) is 0 Å². The van der Waals surface area contributed by atoms with Gasteiger partial charge in [0.05, 0.1) is 23.0 Å². The Hall–Kier alpha value is -7.62. The molecule has 1 atom stereocenters. The molecule has 270 valence electrons. The summed E-state index contributed by atoms with van der Waals surface area (Å²) in [6.07, 6.45) is 7.43. The highest BCUT2D eigenvalue weighted by molar-refractivity contribution is 5.94. The highest BCUT2D eigenvalue weighted by atomic mass is 15.0. The van der Waals surface area contributed by atoms with Gasteiger partial charge in [0, 0.05) is 39.0 Å². The van der Waals surface area contributed by atoms with E-state index in [9.17, 15) is 5.26 Å². The van der Waals surface area contributed by atoms with E-state index in [0.717, 1.165) is 73.5 Å². The van der Waals surface area contributed by atoms with E-state index in [2.05, 4.69) is 79.8 Å². The molecule has 1 aliphatic carbocycles. The number of allylic oxidation sites excluding steroid dienone is 4. The van der Waals surface area contributed by atoms with Crippen LogP contribution in [0.3, 0.4) is 0 Å². The van der Waals surface area contributed by atoms with E-state index in [1.54, 1.807) is 0 Å². The minimum atomic E-state index is 0.457. The highest BCUT2D eigenvalue weighted by Crippen LogP contribution is 2.41. The zero-order chi connectivity index (χ0) is 38.6. The second kappa shape index (κ2) is 15.6. The Labute approximate surface area is 332 Å². The van der Waals surface area contributed by atoms with Gasteiger partial charge in [0.15, 0.2) is 23.3 Å². The molecule has 1 unspecified atom stereocenters. The third kappa shape index (κ3) is 7.30. The summed E-state index contributed by atoms with van der Waals surface area (Å²) >= 11 is 0. The minimum Gasteiger partial charge on any atom is -0.228 e. The van der Waals surface area contributed by atoms with E-state index in [-0.39, 0.29) is 0 Å². The van der Waals surface area contributed by atoms with Crippen molar-refractivity contribution in [2.45, 2.75) is 13.3 Å². The van der Waals surface area contributed by atoms with Crippen LogP contribution in [0.2, 0.25) is 0 Å². The molecular formula is C51H36N6. The van der Waals surface area contributed by atoms with Gasteiger partial charge >= 0.3 is 0 Å². The van der Waals surface area contributed by atoms with Gasteiger partial charge < -0.3 is 0 Å². The average molecular weight is 733 g/mol. The summed E-state index contributed by atoms with van der Waals surface area (Å²) in [5, 5.41) is 10.4. The number of aromatic nitrogens is 5. The summed E-state index contributed by atoms with van der Waals surface area (Å²) in [5.74, 6) is 2.88. The van der Waals surface area contributed by atoms with Crippen LogP contribution in [0.1, 0.15) is 24.7 Å².